The maximum absolute atomic E-state index is 14.4. The van der Waals surface area contributed by atoms with Crippen LogP contribution in [0.25, 0.3) is 0 Å². The molecule has 0 atom stereocenters. The Labute approximate surface area is 181 Å². The van der Waals surface area contributed by atoms with Crippen LogP contribution >= 0.6 is 0 Å². The molecule has 0 unspecified atom stereocenters. The molecule has 1 fully saturated rings. The van der Waals surface area contributed by atoms with Gasteiger partial charge >= 0.3 is 0 Å². The summed E-state index contributed by atoms with van der Waals surface area (Å²) >= 11 is 0. The molecule has 1 N–H and O–H groups in total. The first kappa shape index (κ1) is 22.7. The van der Waals surface area contributed by atoms with E-state index < -0.39 is 21.7 Å². The summed E-state index contributed by atoms with van der Waals surface area (Å²) in [6.45, 7) is 5.03. The lowest BCUT2D eigenvalue weighted by atomic mass is 10.2. The molecular weight excluding hydrogens is 421 g/mol. The van der Waals surface area contributed by atoms with Gasteiger partial charge in [-0.2, -0.15) is 5.26 Å². The summed E-state index contributed by atoms with van der Waals surface area (Å²) in [5.74, 6) is -0.785. The summed E-state index contributed by atoms with van der Waals surface area (Å²) < 4.78 is 41.7. The van der Waals surface area contributed by atoms with E-state index in [1.165, 1.54) is 4.90 Å². The molecule has 1 aliphatic heterocycles. The number of hydrogen-bond acceptors (Lipinski definition) is 6. The van der Waals surface area contributed by atoms with Crippen LogP contribution in [-0.2, 0) is 10.0 Å². The summed E-state index contributed by atoms with van der Waals surface area (Å²) in [7, 11) is -3.86. The van der Waals surface area contributed by atoms with Gasteiger partial charge < -0.3 is 9.80 Å². The molecule has 0 aliphatic carbocycles. The van der Waals surface area contributed by atoms with Crippen molar-refractivity contribution in [3.63, 3.8) is 0 Å². The standard InChI is InChI=1S/C21H24FN5O3S/c1-15(2)25-31(29,30)17-6-7-19(22)18(13-17)21(28)27-10-4-9-26(11-12-27)20-16(14-23)5-3-8-24-20/h3,5-8,13,15,25H,4,9-12H2,1-2H3. The molecule has 164 valence electrons. The van der Waals surface area contributed by atoms with Gasteiger partial charge in [0.2, 0.25) is 10.0 Å². The minimum absolute atomic E-state index is 0.158. The van der Waals surface area contributed by atoms with Crippen LogP contribution in [0.1, 0.15) is 36.2 Å². The molecule has 1 aromatic carbocycles. The number of aromatic nitrogens is 1. The molecule has 10 heteroatoms. The second kappa shape index (κ2) is 9.41. The van der Waals surface area contributed by atoms with E-state index in [0.717, 1.165) is 18.2 Å². The van der Waals surface area contributed by atoms with E-state index in [1.807, 2.05) is 4.90 Å². The Morgan fingerprint density at radius 2 is 2.00 bits per heavy atom. The first-order chi connectivity index (χ1) is 14.7. The van der Waals surface area contributed by atoms with E-state index in [1.54, 1.807) is 32.2 Å². The number of carbonyl (C=O) groups excluding carboxylic acids is 1. The van der Waals surface area contributed by atoms with Crippen LogP contribution in [0.5, 0.6) is 0 Å². The smallest absolute Gasteiger partial charge is 0.256 e. The molecule has 8 nitrogen and oxygen atoms in total. The molecule has 1 aliphatic rings. The third kappa shape index (κ3) is 5.18. The number of nitrogens with one attached hydrogen (secondary N) is 1. The van der Waals surface area contributed by atoms with Gasteiger partial charge in [-0.15, -0.1) is 0 Å². The van der Waals surface area contributed by atoms with Crippen molar-refractivity contribution in [1.82, 2.24) is 14.6 Å². The molecule has 1 aromatic heterocycles. The topological polar surface area (TPSA) is 106 Å². The van der Waals surface area contributed by atoms with Crippen molar-refractivity contribution in [3.8, 4) is 6.07 Å². The van der Waals surface area contributed by atoms with Crippen molar-refractivity contribution in [2.24, 2.45) is 0 Å². The highest BCUT2D eigenvalue weighted by atomic mass is 32.2. The largest absolute Gasteiger partial charge is 0.354 e. The highest BCUT2D eigenvalue weighted by Gasteiger charge is 2.26. The molecule has 0 saturated carbocycles. The molecule has 0 spiro atoms. The third-order valence-corrected chi connectivity index (χ3v) is 6.52. The maximum atomic E-state index is 14.4. The lowest BCUT2D eigenvalue weighted by Gasteiger charge is -2.23. The van der Waals surface area contributed by atoms with Crippen molar-refractivity contribution < 1.29 is 17.6 Å². The molecule has 2 heterocycles. The monoisotopic (exact) mass is 445 g/mol. The molecule has 0 radical (unpaired) electrons. The fraction of sp³-hybridized carbons (Fsp3) is 0.381. The summed E-state index contributed by atoms with van der Waals surface area (Å²) in [5, 5.41) is 9.31. The molecule has 1 amide bonds. The van der Waals surface area contributed by atoms with E-state index in [4.69, 9.17) is 0 Å². The van der Waals surface area contributed by atoms with Crippen LogP contribution in [0.15, 0.2) is 41.4 Å². The lowest BCUT2D eigenvalue weighted by Crippen LogP contribution is -2.36. The number of carbonyl (C=O) groups is 1. The number of pyridine rings is 1. The van der Waals surface area contributed by atoms with E-state index >= 15 is 0 Å². The van der Waals surface area contributed by atoms with Crippen LogP contribution in [0.4, 0.5) is 10.2 Å². The number of hydrogen-bond donors (Lipinski definition) is 1. The van der Waals surface area contributed by atoms with Gasteiger partial charge in [0.25, 0.3) is 5.91 Å². The second-order valence-electron chi connectivity index (χ2n) is 7.54. The molecule has 1 saturated heterocycles. The molecule has 2 aromatic rings. The summed E-state index contributed by atoms with van der Waals surface area (Å²) in [5.41, 5.74) is 0.166. The van der Waals surface area contributed by atoms with Crippen molar-refractivity contribution in [2.75, 3.05) is 31.1 Å². The first-order valence-corrected chi connectivity index (χ1v) is 11.4. The average Bonchev–Trinajstić information content (AvgIpc) is 2.98. The zero-order valence-corrected chi connectivity index (χ0v) is 18.2. The van der Waals surface area contributed by atoms with Crippen molar-refractivity contribution in [1.29, 1.82) is 5.26 Å². The van der Waals surface area contributed by atoms with Gasteiger partial charge in [0.05, 0.1) is 16.0 Å². The second-order valence-corrected chi connectivity index (χ2v) is 9.25. The van der Waals surface area contributed by atoms with Crippen LogP contribution < -0.4 is 9.62 Å². The maximum Gasteiger partial charge on any atom is 0.256 e. The van der Waals surface area contributed by atoms with Crippen molar-refractivity contribution in [2.45, 2.75) is 31.2 Å². The summed E-state index contributed by atoms with van der Waals surface area (Å²) in [6.07, 6.45) is 2.21. The first-order valence-electron chi connectivity index (χ1n) is 9.94. The number of benzene rings is 1. The number of amides is 1. The normalized spacial score (nSPS) is 14.9. The van der Waals surface area contributed by atoms with Crippen LogP contribution in [0, 0.1) is 17.1 Å². The number of nitrogens with zero attached hydrogens (tertiary/aromatic N) is 4. The summed E-state index contributed by atoms with van der Waals surface area (Å²) in [4.78, 5) is 20.6. The van der Waals surface area contributed by atoms with Gasteiger partial charge in [-0.05, 0) is 50.6 Å². The Balaban J connectivity index is 1.81. The van der Waals surface area contributed by atoms with Crippen molar-refractivity contribution >= 4 is 21.7 Å². The van der Waals surface area contributed by atoms with Gasteiger partial charge in [-0.25, -0.2) is 22.5 Å². The molecule has 3 rings (SSSR count). The Morgan fingerprint density at radius 3 is 2.71 bits per heavy atom. The number of rotatable bonds is 5. The van der Waals surface area contributed by atoms with E-state index in [9.17, 15) is 22.9 Å². The zero-order chi connectivity index (χ0) is 22.6. The van der Waals surface area contributed by atoms with Crippen molar-refractivity contribution in [3.05, 3.63) is 53.5 Å². The quantitative estimate of drug-likeness (QED) is 0.756. The lowest BCUT2D eigenvalue weighted by molar-refractivity contribution is 0.0762. The Hall–Kier alpha value is -3.03. The van der Waals surface area contributed by atoms with Gasteiger partial charge in [0.1, 0.15) is 17.7 Å². The Bertz CT molecular complexity index is 1110. The number of sulfonamides is 1. The number of anilines is 1. The highest BCUT2D eigenvalue weighted by molar-refractivity contribution is 7.89. The van der Waals surface area contributed by atoms with Crippen LogP contribution in [0.3, 0.4) is 0 Å². The predicted molar refractivity (Wildman–Crippen MR) is 114 cm³/mol. The minimum Gasteiger partial charge on any atom is -0.354 e. The van der Waals surface area contributed by atoms with Gasteiger partial charge in [-0.3, -0.25) is 4.79 Å². The summed E-state index contributed by atoms with van der Waals surface area (Å²) in [6, 6.07) is 8.38. The minimum atomic E-state index is -3.86. The zero-order valence-electron chi connectivity index (χ0n) is 17.4. The highest BCUT2D eigenvalue weighted by Crippen LogP contribution is 2.21. The van der Waals surface area contributed by atoms with Gasteiger partial charge in [-0.1, -0.05) is 0 Å². The fourth-order valence-corrected chi connectivity index (χ4v) is 4.73. The number of nitriles is 1. The predicted octanol–water partition coefficient (Wildman–Crippen LogP) is 2.13. The van der Waals surface area contributed by atoms with E-state index in [-0.39, 0.29) is 16.5 Å². The van der Waals surface area contributed by atoms with Crippen LogP contribution in [-0.4, -0.2) is 56.4 Å². The molecular formula is C21H24FN5O3S. The van der Waals surface area contributed by atoms with Crippen LogP contribution in [0.2, 0.25) is 0 Å². The SMILES string of the molecule is CC(C)NS(=O)(=O)c1ccc(F)c(C(=O)N2CCCN(c3ncccc3C#N)CC2)c1. The fourth-order valence-electron chi connectivity index (χ4n) is 3.45. The van der Waals surface area contributed by atoms with E-state index in [2.05, 4.69) is 15.8 Å². The average molecular weight is 446 g/mol. The Morgan fingerprint density at radius 1 is 1.23 bits per heavy atom. The third-order valence-electron chi connectivity index (χ3n) is 4.86. The van der Waals surface area contributed by atoms with Gasteiger partial charge in [0.15, 0.2) is 0 Å². The molecule has 31 heavy (non-hydrogen) atoms. The van der Waals surface area contributed by atoms with E-state index in [0.29, 0.717) is 44.0 Å². The molecule has 0 bridgehead atoms. The Kier molecular flexibility index (Phi) is 6.87. The van der Waals surface area contributed by atoms with Gasteiger partial charge in [0, 0.05) is 38.4 Å². The number of halogens is 1.